The maximum Gasteiger partial charge on any atom is 0.317 e. The number of carbonyl (C=O) groups is 1. The van der Waals surface area contributed by atoms with Crippen LogP contribution in [0.25, 0.3) is 5.69 Å². The van der Waals surface area contributed by atoms with Gasteiger partial charge < -0.3 is 15.1 Å². The lowest BCUT2D eigenvalue weighted by atomic mass is 10.1. The zero-order valence-corrected chi connectivity index (χ0v) is 15.1. The Morgan fingerprint density at radius 1 is 1.32 bits per heavy atom. The van der Waals surface area contributed by atoms with E-state index in [4.69, 9.17) is 0 Å². The quantitative estimate of drug-likeness (QED) is 0.874. The largest absolute Gasteiger partial charge is 0.338 e. The lowest BCUT2D eigenvalue weighted by Gasteiger charge is -2.19. The van der Waals surface area contributed by atoms with Crippen LogP contribution in [0.15, 0.2) is 42.7 Å². The van der Waals surface area contributed by atoms with Crippen LogP contribution in [0.1, 0.15) is 12.0 Å². The molecule has 25 heavy (non-hydrogen) atoms. The molecule has 2 aromatic rings. The molecule has 6 nitrogen and oxygen atoms in total. The maximum absolute atomic E-state index is 12.3. The van der Waals surface area contributed by atoms with Gasteiger partial charge in [-0.05, 0) is 56.6 Å². The first kappa shape index (κ1) is 17.5. The van der Waals surface area contributed by atoms with E-state index in [-0.39, 0.29) is 6.03 Å². The first-order valence-corrected chi connectivity index (χ1v) is 8.88. The average molecular weight is 341 g/mol. The number of benzene rings is 1. The van der Waals surface area contributed by atoms with Crippen molar-refractivity contribution in [3.63, 3.8) is 0 Å². The number of amides is 2. The molecule has 1 aliphatic rings. The van der Waals surface area contributed by atoms with Crippen molar-refractivity contribution >= 4 is 6.03 Å². The number of carbonyl (C=O) groups excluding carboxylic acids is 1. The molecular weight excluding hydrogens is 314 g/mol. The first-order valence-electron chi connectivity index (χ1n) is 8.88. The highest BCUT2D eigenvalue weighted by Gasteiger charge is 2.26. The number of urea groups is 1. The number of aromatic nitrogens is 2. The van der Waals surface area contributed by atoms with E-state index in [0.29, 0.717) is 12.5 Å². The molecule has 0 radical (unpaired) electrons. The van der Waals surface area contributed by atoms with Crippen LogP contribution in [0.4, 0.5) is 4.79 Å². The fourth-order valence-electron chi connectivity index (χ4n) is 3.35. The molecule has 1 aliphatic heterocycles. The topological polar surface area (TPSA) is 53.4 Å². The minimum absolute atomic E-state index is 0.0643. The zero-order valence-electron chi connectivity index (χ0n) is 15.1. The molecule has 1 aromatic carbocycles. The average Bonchev–Trinajstić information content (AvgIpc) is 3.26. The van der Waals surface area contributed by atoms with Gasteiger partial charge in [0.1, 0.15) is 0 Å². The van der Waals surface area contributed by atoms with Crippen LogP contribution < -0.4 is 5.32 Å². The molecule has 1 N–H and O–H groups in total. The highest BCUT2D eigenvalue weighted by molar-refractivity contribution is 5.74. The normalized spacial score (nSPS) is 17.2. The summed E-state index contributed by atoms with van der Waals surface area (Å²) in [4.78, 5) is 16.4. The molecule has 2 amide bonds. The second-order valence-corrected chi connectivity index (χ2v) is 6.96. The Kier molecular flexibility index (Phi) is 5.71. The van der Waals surface area contributed by atoms with Gasteiger partial charge in [-0.1, -0.05) is 12.1 Å². The minimum Gasteiger partial charge on any atom is -0.338 e. The fraction of sp³-hybridized carbons (Fsp3) is 0.474. The van der Waals surface area contributed by atoms with E-state index in [1.54, 1.807) is 6.20 Å². The smallest absolute Gasteiger partial charge is 0.317 e. The van der Waals surface area contributed by atoms with Gasteiger partial charge >= 0.3 is 6.03 Å². The highest BCUT2D eigenvalue weighted by atomic mass is 16.2. The van der Waals surface area contributed by atoms with E-state index in [0.717, 1.165) is 38.2 Å². The summed E-state index contributed by atoms with van der Waals surface area (Å²) in [7, 11) is 4.17. The molecule has 0 aliphatic carbocycles. The summed E-state index contributed by atoms with van der Waals surface area (Å²) >= 11 is 0. The first-order chi connectivity index (χ1) is 12.1. The highest BCUT2D eigenvalue weighted by Crippen LogP contribution is 2.16. The molecular formula is C19H27N5O. The molecule has 3 rings (SSSR count). The predicted molar refractivity (Wildman–Crippen MR) is 98.9 cm³/mol. The molecule has 0 bridgehead atoms. The van der Waals surface area contributed by atoms with Crippen LogP contribution in [-0.2, 0) is 6.42 Å². The Bertz CT molecular complexity index is 666. The number of rotatable bonds is 6. The summed E-state index contributed by atoms with van der Waals surface area (Å²) in [5.41, 5.74) is 2.25. The van der Waals surface area contributed by atoms with Crippen LogP contribution in [0, 0.1) is 5.92 Å². The standard InChI is InChI=1S/C19H27N5O/c1-22(2)14-17-9-13-23(15-17)19(25)20-11-8-16-4-6-18(7-5-16)24-12-3-10-21-24/h3-7,10,12,17H,8-9,11,13-15H2,1-2H3,(H,20,25). The van der Waals surface area contributed by atoms with Crippen molar-refractivity contribution in [1.29, 1.82) is 0 Å². The third-order valence-corrected chi connectivity index (χ3v) is 4.59. The third kappa shape index (κ3) is 4.82. The molecule has 2 heterocycles. The van der Waals surface area contributed by atoms with Gasteiger partial charge in [0.2, 0.25) is 0 Å². The van der Waals surface area contributed by atoms with Crippen LogP contribution in [0.3, 0.4) is 0 Å². The van der Waals surface area contributed by atoms with Gasteiger partial charge in [-0.25, -0.2) is 9.48 Å². The second-order valence-electron chi connectivity index (χ2n) is 6.96. The Hall–Kier alpha value is -2.34. The summed E-state index contributed by atoms with van der Waals surface area (Å²) in [6, 6.07) is 10.3. The van der Waals surface area contributed by atoms with Crippen molar-refractivity contribution in [2.24, 2.45) is 5.92 Å². The van der Waals surface area contributed by atoms with Gasteiger partial charge in [0.15, 0.2) is 0 Å². The second kappa shape index (κ2) is 8.16. The number of nitrogens with zero attached hydrogens (tertiary/aromatic N) is 4. The Morgan fingerprint density at radius 2 is 2.12 bits per heavy atom. The van der Waals surface area contributed by atoms with Crippen LogP contribution in [0.5, 0.6) is 0 Å². The summed E-state index contributed by atoms with van der Waals surface area (Å²) in [5.74, 6) is 0.593. The zero-order chi connectivity index (χ0) is 17.6. The molecule has 1 fully saturated rings. The fourth-order valence-corrected chi connectivity index (χ4v) is 3.35. The summed E-state index contributed by atoms with van der Waals surface area (Å²) in [6.45, 7) is 3.44. The van der Waals surface area contributed by atoms with Crippen molar-refractivity contribution < 1.29 is 4.79 Å². The number of likely N-dealkylation sites (tertiary alicyclic amines) is 1. The van der Waals surface area contributed by atoms with Crippen molar-refractivity contribution in [1.82, 2.24) is 24.9 Å². The van der Waals surface area contributed by atoms with E-state index in [9.17, 15) is 4.79 Å². The van der Waals surface area contributed by atoms with E-state index < -0.39 is 0 Å². The molecule has 1 unspecified atom stereocenters. The Morgan fingerprint density at radius 3 is 2.80 bits per heavy atom. The number of hydrogen-bond donors (Lipinski definition) is 1. The number of hydrogen-bond acceptors (Lipinski definition) is 3. The predicted octanol–water partition coefficient (Wildman–Crippen LogP) is 2.01. The number of nitrogens with one attached hydrogen (secondary N) is 1. The molecule has 0 saturated carbocycles. The molecule has 6 heteroatoms. The van der Waals surface area contributed by atoms with Crippen molar-refractivity contribution in [2.75, 3.05) is 40.3 Å². The van der Waals surface area contributed by atoms with Gasteiger partial charge in [0.25, 0.3) is 0 Å². The van der Waals surface area contributed by atoms with E-state index in [1.165, 1.54) is 5.56 Å². The van der Waals surface area contributed by atoms with Gasteiger partial charge in [-0.2, -0.15) is 5.10 Å². The van der Waals surface area contributed by atoms with E-state index in [1.807, 2.05) is 21.8 Å². The van der Waals surface area contributed by atoms with Crippen LogP contribution in [-0.4, -0.2) is 65.9 Å². The van der Waals surface area contributed by atoms with Gasteiger partial charge in [-0.15, -0.1) is 0 Å². The van der Waals surface area contributed by atoms with E-state index >= 15 is 0 Å². The summed E-state index contributed by atoms with van der Waals surface area (Å²) in [6.07, 6.45) is 5.63. The molecule has 1 saturated heterocycles. The maximum atomic E-state index is 12.3. The van der Waals surface area contributed by atoms with Gasteiger partial charge in [0, 0.05) is 38.6 Å². The molecule has 1 atom stereocenters. The minimum atomic E-state index is 0.0643. The van der Waals surface area contributed by atoms with Crippen LogP contribution >= 0.6 is 0 Å². The van der Waals surface area contributed by atoms with E-state index in [2.05, 4.69) is 53.7 Å². The van der Waals surface area contributed by atoms with Crippen LogP contribution in [0.2, 0.25) is 0 Å². The van der Waals surface area contributed by atoms with Gasteiger partial charge in [0.05, 0.1) is 5.69 Å². The molecule has 0 spiro atoms. The summed E-state index contributed by atoms with van der Waals surface area (Å²) < 4.78 is 1.84. The molecule has 1 aromatic heterocycles. The molecule has 134 valence electrons. The summed E-state index contributed by atoms with van der Waals surface area (Å²) in [5, 5.41) is 7.27. The van der Waals surface area contributed by atoms with Crippen molar-refractivity contribution in [3.05, 3.63) is 48.3 Å². The van der Waals surface area contributed by atoms with Crippen molar-refractivity contribution in [3.8, 4) is 5.69 Å². The van der Waals surface area contributed by atoms with Crippen molar-refractivity contribution in [2.45, 2.75) is 12.8 Å². The Labute approximate surface area is 149 Å². The SMILES string of the molecule is CN(C)CC1CCN(C(=O)NCCc2ccc(-n3cccn3)cc2)C1. The lowest BCUT2D eigenvalue weighted by molar-refractivity contribution is 0.205. The third-order valence-electron chi connectivity index (χ3n) is 4.59. The monoisotopic (exact) mass is 341 g/mol. The lowest BCUT2D eigenvalue weighted by Crippen LogP contribution is -2.39. The Balaban J connectivity index is 1.41. The van der Waals surface area contributed by atoms with Gasteiger partial charge in [-0.3, -0.25) is 0 Å².